The third-order valence-electron chi connectivity index (χ3n) is 4.33. The Labute approximate surface area is 155 Å². The number of carbonyl (C=O) groups is 1. The van der Waals surface area contributed by atoms with E-state index < -0.39 is 0 Å². The van der Waals surface area contributed by atoms with Crippen LogP contribution in [0.2, 0.25) is 0 Å². The Hall–Kier alpha value is -2.69. The number of para-hydroxylation sites is 1. The minimum absolute atomic E-state index is 0.0731. The number of benzene rings is 2. The van der Waals surface area contributed by atoms with Crippen molar-refractivity contribution < 1.29 is 14.3 Å². The van der Waals surface area contributed by atoms with Crippen LogP contribution in [0.15, 0.2) is 36.4 Å². The van der Waals surface area contributed by atoms with Crippen LogP contribution < -0.4 is 20.1 Å². The maximum absolute atomic E-state index is 12.3. The Morgan fingerprint density at radius 2 is 1.69 bits per heavy atom. The Morgan fingerprint density at radius 1 is 1.00 bits per heavy atom. The fraction of sp³-hybridized carbons (Fsp3) is 0.381. The normalized spacial score (nSPS) is 10.3. The Bertz CT molecular complexity index is 722. The zero-order valence-corrected chi connectivity index (χ0v) is 16.0. The van der Waals surface area contributed by atoms with Crippen molar-refractivity contribution in [3.63, 3.8) is 0 Å². The first-order valence-corrected chi connectivity index (χ1v) is 8.99. The smallest absolute Gasteiger partial charge is 0.226 e. The third-order valence-corrected chi connectivity index (χ3v) is 4.33. The summed E-state index contributed by atoms with van der Waals surface area (Å²) in [5, 5.41) is 6.33. The number of methoxy groups -OCH3 is 2. The lowest BCUT2D eigenvalue weighted by molar-refractivity contribution is -0.116. The quantitative estimate of drug-likeness (QED) is 0.704. The molecule has 0 saturated carbocycles. The fourth-order valence-electron chi connectivity index (χ4n) is 2.90. The van der Waals surface area contributed by atoms with Crippen LogP contribution in [0.5, 0.6) is 11.5 Å². The van der Waals surface area contributed by atoms with Crippen LogP contribution in [0, 0.1) is 0 Å². The number of aryl methyl sites for hydroxylation is 2. The lowest BCUT2D eigenvalue weighted by Gasteiger charge is -2.16. The second-order valence-corrected chi connectivity index (χ2v) is 5.95. The van der Waals surface area contributed by atoms with Crippen molar-refractivity contribution in [3.8, 4) is 11.5 Å². The summed E-state index contributed by atoms with van der Waals surface area (Å²) in [6.07, 6.45) is 2.29. The Kier molecular flexibility index (Phi) is 7.33. The van der Waals surface area contributed by atoms with E-state index in [-0.39, 0.29) is 5.91 Å². The zero-order chi connectivity index (χ0) is 18.9. The van der Waals surface area contributed by atoms with Crippen LogP contribution in [0.3, 0.4) is 0 Å². The summed E-state index contributed by atoms with van der Waals surface area (Å²) in [6.45, 7) is 4.85. The molecule has 0 aliphatic heterocycles. The minimum Gasteiger partial charge on any atom is -0.497 e. The van der Waals surface area contributed by atoms with Crippen LogP contribution in [0.25, 0.3) is 0 Å². The van der Waals surface area contributed by atoms with Gasteiger partial charge in [0.15, 0.2) is 0 Å². The maximum Gasteiger partial charge on any atom is 0.226 e. The number of hydrogen-bond acceptors (Lipinski definition) is 4. The molecule has 0 unspecified atom stereocenters. The van der Waals surface area contributed by atoms with Gasteiger partial charge in [-0.15, -0.1) is 0 Å². The molecule has 2 aromatic rings. The van der Waals surface area contributed by atoms with Gasteiger partial charge in [-0.1, -0.05) is 32.0 Å². The molecule has 2 rings (SSSR count). The molecule has 0 atom stereocenters. The van der Waals surface area contributed by atoms with Crippen molar-refractivity contribution in [1.29, 1.82) is 0 Å². The highest BCUT2D eigenvalue weighted by atomic mass is 16.5. The van der Waals surface area contributed by atoms with Crippen LogP contribution >= 0.6 is 0 Å². The number of carbonyl (C=O) groups excluding carboxylic acids is 1. The Morgan fingerprint density at radius 3 is 2.27 bits per heavy atom. The van der Waals surface area contributed by atoms with Crippen LogP contribution in [-0.4, -0.2) is 26.7 Å². The van der Waals surface area contributed by atoms with Crippen LogP contribution in [0.1, 0.15) is 31.4 Å². The molecule has 5 heteroatoms. The van der Waals surface area contributed by atoms with Gasteiger partial charge in [-0.05, 0) is 36.1 Å². The van der Waals surface area contributed by atoms with Crippen molar-refractivity contribution in [2.75, 3.05) is 31.4 Å². The highest BCUT2D eigenvalue weighted by molar-refractivity contribution is 5.92. The van der Waals surface area contributed by atoms with Gasteiger partial charge in [0.05, 0.1) is 19.9 Å². The van der Waals surface area contributed by atoms with Crippen LogP contribution in [0.4, 0.5) is 11.4 Å². The molecule has 0 aromatic heterocycles. The number of rotatable bonds is 9. The van der Waals surface area contributed by atoms with Gasteiger partial charge in [0.25, 0.3) is 0 Å². The predicted molar refractivity (Wildman–Crippen MR) is 106 cm³/mol. The SMILES string of the molecule is CCc1cccc(CC)c1NCCC(=O)Nc1cc(OC)ccc1OC. The average Bonchev–Trinajstić information content (AvgIpc) is 2.67. The van der Waals surface area contributed by atoms with E-state index in [0.717, 1.165) is 18.5 Å². The highest BCUT2D eigenvalue weighted by Gasteiger charge is 2.10. The summed E-state index contributed by atoms with van der Waals surface area (Å²) in [7, 11) is 3.17. The van der Waals surface area contributed by atoms with Crippen molar-refractivity contribution in [2.24, 2.45) is 0 Å². The topological polar surface area (TPSA) is 59.6 Å². The lowest BCUT2D eigenvalue weighted by atomic mass is 10.0. The standard InChI is InChI=1S/C21H28N2O3/c1-5-15-8-7-9-16(6-2)21(15)22-13-12-20(24)23-18-14-17(25-3)10-11-19(18)26-4/h7-11,14,22H,5-6,12-13H2,1-4H3,(H,23,24). The number of amides is 1. The van der Waals surface area contributed by atoms with E-state index in [9.17, 15) is 4.79 Å². The number of nitrogens with one attached hydrogen (secondary N) is 2. The van der Waals surface area contributed by atoms with Gasteiger partial charge >= 0.3 is 0 Å². The van der Waals surface area contributed by atoms with Gasteiger partial charge in [0, 0.05) is 24.7 Å². The predicted octanol–water partition coefficient (Wildman–Crippen LogP) is 4.27. The average molecular weight is 356 g/mol. The third kappa shape index (κ3) is 4.91. The van der Waals surface area contributed by atoms with E-state index >= 15 is 0 Å². The van der Waals surface area contributed by atoms with Crippen molar-refractivity contribution in [1.82, 2.24) is 0 Å². The summed E-state index contributed by atoms with van der Waals surface area (Å²) < 4.78 is 10.5. The van der Waals surface area contributed by atoms with E-state index in [0.29, 0.717) is 30.2 Å². The van der Waals surface area contributed by atoms with Crippen molar-refractivity contribution >= 4 is 17.3 Å². The molecule has 0 saturated heterocycles. The van der Waals surface area contributed by atoms with E-state index in [1.165, 1.54) is 11.1 Å². The molecular weight excluding hydrogens is 328 g/mol. The Balaban J connectivity index is 1.98. The van der Waals surface area contributed by atoms with Gasteiger partial charge in [0.1, 0.15) is 11.5 Å². The summed E-state index contributed by atoms with van der Waals surface area (Å²) in [4.78, 5) is 12.3. The van der Waals surface area contributed by atoms with E-state index in [1.807, 2.05) is 0 Å². The van der Waals surface area contributed by atoms with Gasteiger partial charge in [-0.3, -0.25) is 4.79 Å². The molecule has 0 heterocycles. The lowest BCUT2D eigenvalue weighted by Crippen LogP contribution is -2.17. The molecule has 2 N–H and O–H groups in total. The first-order chi connectivity index (χ1) is 12.6. The van der Waals surface area contributed by atoms with Crippen LogP contribution in [-0.2, 0) is 17.6 Å². The fourth-order valence-corrected chi connectivity index (χ4v) is 2.90. The van der Waals surface area contributed by atoms with Crippen molar-refractivity contribution in [3.05, 3.63) is 47.5 Å². The summed E-state index contributed by atoms with van der Waals surface area (Å²) in [5.74, 6) is 1.21. The highest BCUT2D eigenvalue weighted by Crippen LogP contribution is 2.29. The molecule has 0 fully saturated rings. The van der Waals surface area contributed by atoms with Gasteiger partial charge in [0.2, 0.25) is 5.91 Å². The second kappa shape index (κ2) is 9.70. The molecule has 0 radical (unpaired) electrons. The number of hydrogen-bond donors (Lipinski definition) is 2. The molecule has 140 valence electrons. The zero-order valence-electron chi connectivity index (χ0n) is 16.0. The molecule has 0 spiro atoms. The van der Waals surface area contributed by atoms with Gasteiger partial charge < -0.3 is 20.1 Å². The van der Waals surface area contributed by atoms with E-state index in [1.54, 1.807) is 32.4 Å². The molecule has 0 aliphatic carbocycles. The maximum atomic E-state index is 12.3. The van der Waals surface area contributed by atoms with Gasteiger partial charge in [-0.25, -0.2) is 0 Å². The first kappa shape index (κ1) is 19.6. The summed E-state index contributed by atoms with van der Waals surface area (Å²) in [6, 6.07) is 11.7. The first-order valence-electron chi connectivity index (χ1n) is 8.99. The minimum atomic E-state index is -0.0731. The van der Waals surface area contributed by atoms with Gasteiger partial charge in [-0.2, -0.15) is 0 Å². The number of anilines is 2. The summed E-state index contributed by atoms with van der Waals surface area (Å²) in [5.41, 5.74) is 4.32. The molecule has 2 aromatic carbocycles. The molecule has 5 nitrogen and oxygen atoms in total. The number of ether oxygens (including phenoxy) is 2. The molecular formula is C21H28N2O3. The summed E-state index contributed by atoms with van der Waals surface area (Å²) >= 11 is 0. The molecule has 0 aliphatic rings. The van der Waals surface area contributed by atoms with E-state index in [4.69, 9.17) is 9.47 Å². The monoisotopic (exact) mass is 356 g/mol. The molecule has 0 bridgehead atoms. The largest absolute Gasteiger partial charge is 0.497 e. The van der Waals surface area contributed by atoms with Crippen molar-refractivity contribution in [2.45, 2.75) is 33.1 Å². The van der Waals surface area contributed by atoms with E-state index in [2.05, 4.69) is 42.7 Å². The molecule has 1 amide bonds. The second-order valence-electron chi connectivity index (χ2n) is 5.95. The molecule has 26 heavy (non-hydrogen) atoms.